The first kappa shape index (κ1) is 12.9. The van der Waals surface area contributed by atoms with Crippen molar-refractivity contribution in [3.05, 3.63) is 71.0 Å². The molecule has 3 rings (SSSR count). The van der Waals surface area contributed by atoms with E-state index in [-0.39, 0.29) is 6.04 Å². The maximum atomic E-state index is 6.40. The summed E-state index contributed by atoms with van der Waals surface area (Å²) in [6.07, 6.45) is 0.975. The lowest BCUT2D eigenvalue weighted by Crippen LogP contribution is -2.13. The highest BCUT2D eigenvalue weighted by molar-refractivity contribution is 5.79. The third-order valence-corrected chi connectivity index (χ3v) is 3.77. The Labute approximate surface area is 119 Å². The van der Waals surface area contributed by atoms with Gasteiger partial charge in [0.15, 0.2) is 0 Å². The predicted molar refractivity (Wildman–Crippen MR) is 82.8 cm³/mol. The van der Waals surface area contributed by atoms with Crippen molar-refractivity contribution in [3.63, 3.8) is 0 Å². The molecule has 1 aromatic heterocycles. The van der Waals surface area contributed by atoms with E-state index in [0.29, 0.717) is 0 Å². The second-order valence-corrected chi connectivity index (χ2v) is 5.22. The van der Waals surface area contributed by atoms with E-state index in [1.807, 2.05) is 12.1 Å². The number of benzene rings is 2. The summed E-state index contributed by atoms with van der Waals surface area (Å²) in [4.78, 5) is 0. The molecule has 0 saturated carbocycles. The maximum absolute atomic E-state index is 6.40. The molecule has 102 valence electrons. The summed E-state index contributed by atoms with van der Waals surface area (Å²) in [5, 5.41) is 1.12. The second kappa shape index (κ2) is 5.14. The van der Waals surface area contributed by atoms with Crippen molar-refractivity contribution in [2.75, 3.05) is 0 Å². The van der Waals surface area contributed by atoms with Crippen LogP contribution in [0.15, 0.2) is 52.9 Å². The average molecular weight is 265 g/mol. The van der Waals surface area contributed by atoms with Crippen molar-refractivity contribution < 1.29 is 4.42 Å². The summed E-state index contributed by atoms with van der Waals surface area (Å²) in [5.41, 5.74) is 10.9. The minimum absolute atomic E-state index is 0.209. The molecule has 0 aliphatic rings. The van der Waals surface area contributed by atoms with Crippen molar-refractivity contribution in [3.8, 4) is 0 Å². The van der Waals surface area contributed by atoms with E-state index >= 15 is 0 Å². The summed E-state index contributed by atoms with van der Waals surface area (Å²) in [6, 6.07) is 16.3. The molecule has 1 heterocycles. The van der Waals surface area contributed by atoms with Crippen LogP contribution < -0.4 is 5.73 Å². The van der Waals surface area contributed by atoms with Gasteiger partial charge < -0.3 is 10.2 Å². The first-order valence-electron chi connectivity index (χ1n) is 7.02. The largest absolute Gasteiger partial charge is 0.459 e. The topological polar surface area (TPSA) is 39.2 Å². The number of fused-ring (bicyclic) bond motifs is 1. The molecule has 0 aliphatic heterocycles. The Balaban J connectivity index is 2.05. The summed E-state index contributed by atoms with van der Waals surface area (Å²) in [7, 11) is 0. The van der Waals surface area contributed by atoms with E-state index in [2.05, 4.69) is 50.2 Å². The summed E-state index contributed by atoms with van der Waals surface area (Å²) in [6.45, 7) is 4.23. The highest BCUT2D eigenvalue weighted by Crippen LogP contribution is 2.29. The molecule has 20 heavy (non-hydrogen) atoms. The number of furan rings is 1. The molecule has 0 saturated heterocycles. The number of nitrogens with two attached hydrogens (primary N) is 1. The van der Waals surface area contributed by atoms with Crippen LogP contribution in [0.1, 0.15) is 35.4 Å². The number of aryl methyl sites for hydroxylation is 2. The lowest BCUT2D eigenvalue weighted by Gasteiger charge is -2.13. The quantitative estimate of drug-likeness (QED) is 0.764. The van der Waals surface area contributed by atoms with Crippen LogP contribution in [0.25, 0.3) is 11.0 Å². The third kappa shape index (κ3) is 2.23. The predicted octanol–water partition coefficient (Wildman–Crippen LogP) is 4.35. The van der Waals surface area contributed by atoms with Crippen LogP contribution in [-0.2, 0) is 6.42 Å². The van der Waals surface area contributed by atoms with Gasteiger partial charge in [-0.1, -0.05) is 42.8 Å². The van der Waals surface area contributed by atoms with Gasteiger partial charge in [0.1, 0.15) is 11.3 Å². The number of rotatable bonds is 3. The molecular weight excluding hydrogens is 246 g/mol. The van der Waals surface area contributed by atoms with Gasteiger partial charge in [0.25, 0.3) is 0 Å². The highest BCUT2D eigenvalue weighted by atomic mass is 16.3. The van der Waals surface area contributed by atoms with Crippen molar-refractivity contribution >= 4 is 11.0 Å². The van der Waals surface area contributed by atoms with Gasteiger partial charge in [0, 0.05) is 5.39 Å². The highest BCUT2D eigenvalue weighted by Gasteiger charge is 2.16. The molecule has 0 aliphatic carbocycles. The van der Waals surface area contributed by atoms with E-state index in [0.717, 1.165) is 28.7 Å². The molecule has 0 radical (unpaired) electrons. The zero-order valence-corrected chi connectivity index (χ0v) is 11.9. The van der Waals surface area contributed by atoms with Crippen LogP contribution in [0.2, 0.25) is 0 Å². The van der Waals surface area contributed by atoms with Crippen LogP contribution >= 0.6 is 0 Å². The fourth-order valence-corrected chi connectivity index (χ4v) is 2.65. The minimum Gasteiger partial charge on any atom is -0.459 e. The Morgan fingerprint density at radius 2 is 1.90 bits per heavy atom. The molecule has 2 heteroatoms. The molecule has 0 bridgehead atoms. The Kier molecular flexibility index (Phi) is 3.33. The standard InChI is InChI=1S/C18H19NO/c1-3-13-6-4-5-7-15(13)18(19)17-11-14-10-12(2)8-9-16(14)20-17/h4-11,18H,3,19H2,1-2H3. The maximum Gasteiger partial charge on any atom is 0.134 e. The first-order chi connectivity index (χ1) is 9.69. The molecule has 0 spiro atoms. The first-order valence-corrected chi connectivity index (χ1v) is 7.02. The Hall–Kier alpha value is -2.06. The van der Waals surface area contributed by atoms with Crippen molar-refractivity contribution in [1.29, 1.82) is 0 Å². The van der Waals surface area contributed by atoms with Gasteiger partial charge in [-0.3, -0.25) is 0 Å². The average Bonchev–Trinajstić information content (AvgIpc) is 2.89. The number of hydrogen-bond donors (Lipinski definition) is 1. The fourth-order valence-electron chi connectivity index (χ4n) is 2.65. The normalized spacial score (nSPS) is 12.8. The molecule has 2 nitrogen and oxygen atoms in total. The lowest BCUT2D eigenvalue weighted by atomic mass is 9.97. The van der Waals surface area contributed by atoms with Crippen molar-refractivity contribution in [2.45, 2.75) is 26.3 Å². The third-order valence-electron chi connectivity index (χ3n) is 3.77. The zero-order chi connectivity index (χ0) is 14.1. The van der Waals surface area contributed by atoms with Crippen LogP contribution in [0.4, 0.5) is 0 Å². The van der Waals surface area contributed by atoms with E-state index in [9.17, 15) is 0 Å². The van der Waals surface area contributed by atoms with Crippen LogP contribution in [-0.4, -0.2) is 0 Å². The molecule has 2 aromatic carbocycles. The van der Waals surface area contributed by atoms with Crippen LogP contribution in [0.5, 0.6) is 0 Å². The van der Waals surface area contributed by atoms with Gasteiger partial charge in [0.05, 0.1) is 6.04 Å². The minimum atomic E-state index is -0.209. The number of hydrogen-bond acceptors (Lipinski definition) is 2. The Morgan fingerprint density at radius 1 is 1.10 bits per heavy atom. The van der Waals surface area contributed by atoms with E-state index in [1.54, 1.807) is 0 Å². The van der Waals surface area contributed by atoms with E-state index < -0.39 is 0 Å². The molecule has 3 aromatic rings. The zero-order valence-electron chi connectivity index (χ0n) is 11.9. The molecule has 0 fully saturated rings. The van der Waals surface area contributed by atoms with Gasteiger partial charge in [-0.15, -0.1) is 0 Å². The van der Waals surface area contributed by atoms with Gasteiger partial charge >= 0.3 is 0 Å². The van der Waals surface area contributed by atoms with E-state index in [4.69, 9.17) is 10.2 Å². The van der Waals surface area contributed by atoms with Crippen molar-refractivity contribution in [2.24, 2.45) is 5.73 Å². The van der Waals surface area contributed by atoms with E-state index in [1.165, 1.54) is 11.1 Å². The summed E-state index contributed by atoms with van der Waals surface area (Å²) in [5.74, 6) is 0.825. The molecule has 1 atom stereocenters. The molecule has 0 amide bonds. The lowest BCUT2D eigenvalue weighted by molar-refractivity contribution is 0.524. The van der Waals surface area contributed by atoms with Crippen LogP contribution in [0, 0.1) is 6.92 Å². The second-order valence-electron chi connectivity index (χ2n) is 5.22. The van der Waals surface area contributed by atoms with Gasteiger partial charge in [-0.2, -0.15) is 0 Å². The van der Waals surface area contributed by atoms with Gasteiger partial charge in [0.2, 0.25) is 0 Å². The van der Waals surface area contributed by atoms with Gasteiger partial charge in [-0.05, 0) is 42.7 Å². The van der Waals surface area contributed by atoms with Crippen LogP contribution in [0.3, 0.4) is 0 Å². The molecule has 2 N–H and O–H groups in total. The smallest absolute Gasteiger partial charge is 0.134 e. The Morgan fingerprint density at radius 3 is 2.70 bits per heavy atom. The van der Waals surface area contributed by atoms with Crippen molar-refractivity contribution in [1.82, 2.24) is 0 Å². The summed E-state index contributed by atoms with van der Waals surface area (Å²) < 4.78 is 5.91. The molecule has 1 unspecified atom stereocenters. The summed E-state index contributed by atoms with van der Waals surface area (Å²) >= 11 is 0. The monoisotopic (exact) mass is 265 g/mol. The fraction of sp³-hybridized carbons (Fsp3) is 0.222. The van der Waals surface area contributed by atoms with Gasteiger partial charge in [-0.25, -0.2) is 0 Å². The molecular formula is C18H19NO. The SMILES string of the molecule is CCc1ccccc1C(N)c1cc2cc(C)ccc2o1. The Bertz CT molecular complexity index is 742.